The molecule has 4 nitrogen and oxygen atoms in total. The molecule has 0 aromatic heterocycles. The first-order valence-electron chi connectivity index (χ1n) is 7.46. The molecule has 0 saturated heterocycles. The summed E-state index contributed by atoms with van der Waals surface area (Å²) in [5, 5.41) is 0. The Morgan fingerprint density at radius 3 is 1.60 bits per heavy atom. The third-order valence-electron chi connectivity index (χ3n) is 4.25. The van der Waals surface area contributed by atoms with Crippen LogP contribution in [0, 0.1) is 17.8 Å². The molecule has 148 valence electrons. The zero-order valence-corrected chi connectivity index (χ0v) is 14.9. The van der Waals surface area contributed by atoms with E-state index in [1.54, 1.807) is 12.2 Å². The molecule has 0 amide bonds. The van der Waals surface area contributed by atoms with Crippen molar-refractivity contribution in [2.75, 3.05) is 0 Å². The van der Waals surface area contributed by atoms with Gasteiger partial charge in [0.2, 0.25) is 0 Å². The largest absolute Gasteiger partial charge is 0.498 e. The number of sulfone groups is 2. The molecule has 0 heterocycles. The van der Waals surface area contributed by atoms with Crippen LogP contribution in [0.3, 0.4) is 0 Å². The lowest BCUT2D eigenvalue weighted by Crippen LogP contribution is -2.46. The minimum atomic E-state index is -6.52. The molecule has 1 fully saturated rings. The van der Waals surface area contributed by atoms with E-state index >= 15 is 0 Å². The van der Waals surface area contributed by atoms with Crippen LogP contribution in [-0.4, -0.2) is 32.4 Å². The van der Waals surface area contributed by atoms with Crippen LogP contribution in [0.5, 0.6) is 0 Å². The van der Waals surface area contributed by atoms with Crippen LogP contribution in [-0.2, 0) is 19.7 Å². The zero-order chi connectivity index (χ0) is 19.8. The van der Waals surface area contributed by atoms with Crippen molar-refractivity contribution in [3.63, 3.8) is 0 Å². The molecule has 0 radical (unpaired) electrons. The Morgan fingerprint density at radius 1 is 0.880 bits per heavy atom. The molecule has 2 aliphatic rings. The molecule has 0 aliphatic heterocycles. The molecule has 0 spiro atoms. The smallest absolute Gasteiger partial charge is 0.218 e. The molecule has 3 unspecified atom stereocenters. The first-order valence-corrected chi connectivity index (χ1v) is 10.6. The topological polar surface area (TPSA) is 68.3 Å². The highest BCUT2D eigenvalue weighted by atomic mass is 32.3. The quantitative estimate of drug-likeness (QED) is 0.516. The van der Waals surface area contributed by atoms with E-state index in [-0.39, 0.29) is 12.3 Å². The number of alkyl halides is 6. The summed E-state index contributed by atoms with van der Waals surface area (Å²) >= 11 is 0. The van der Waals surface area contributed by atoms with Crippen LogP contribution < -0.4 is 0 Å². The van der Waals surface area contributed by atoms with E-state index < -0.39 is 53.5 Å². The van der Waals surface area contributed by atoms with Gasteiger partial charge in [-0.25, -0.2) is 16.8 Å². The number of allylic oxidation sites excluding steroid dienone is 2. The number of fused-ring (bicyclic) bond motifs is 2. The third kappa shape index (κ3) is 4.15. The summed E-state index contributed by atoms with van der Waals surface area (Å²) in [4.78, 5) is 0. The highest BCUT2D eigenvalue weighted by Crippen LogP contribution is 2.48. The van der Waals surface area contributed by atoms with E-state index in [1.165, 1.54) is 0 Å². The molecule has 0 aromatic rings. The molecule has 0 aromatic carbocycles. The monoisotopic (exact) mass is 416 g/mol. The standard InChI is InChI=1S/C11H12F6O4S2.C2H6/c12-10(13,14)22(18,19)9(23(20,21)11(15,16)17)5-8-4-6-1-2-7(8)3-6;1-2/h1-2,6-9H,3-5H2;1-2H3. The first-order chi connectivity index (χ1) is 11.2. The summed E-state index contributed by atoms with van der Waals surface area (Å²) in [6.07, 6.45) is 2.77. The van der Waals surface area contributed by atoms with Gasteiger partial charge in [-0.3, -0.25) is 0 Å². The number of halogens is 6. The molecule has 25 heavy (non-hydrogen) atoms. The Hall–Kier alpha value is -0.780. The minimum absolute atomic E-state index is 0.0622. The first kappa shape index (κ1) is 22.3. The lowest BCUT2D eigenvalue weighted by atomic mass is 9.91. The van der Waals surface area contributed by atoms with Crippen LogP contribution in [0.4, 0.5) is 26.3 Å². The Labute approximate surface area is 142 Å². The Balaban J connectivity index is 0.00000151. The maximum Gasteiger partial charge on any atom is 0.498 e. The lowest BCUT2D eigenvalue weighted by molar-refractivity contribution is -0.0474. The van der Waals surface area contributed by atoms with Crippen molar-refractivity contribution in [1.82, 2.24) is 0 Å². The van der Waals surface area contributed by atoms with Gasteiger partial charge in [0, 0.05) is 0 Å². The van der Waals surface area contributed by atoms with Crippen molar-refractivity contribution >= 4 is 19.7 Å². The van der Waals surface area contributed by atoms with Crippen molar-refractivity contribution < 1.29 is 43.2 Å². The van der Waals surface area contributed by atoms with E-state index in [2.05, 4.69) is 0 Å². The van der Waals surface area contributed by atoms with Crippen LogP contribution in [0.1, 0.15) is 33.1 Å². The van der Waals surface area contributed by atoms with Crippen LogP contribution in [0.25, 0.3) is 0 Å². The number of hydrogen-bond donors (Lipinski definition) is 0. The average molecular weight is 416 g/mol. The Kier molecular flexibility index (Phi) is 6.31. The average Bonchev–Trinajstić information content (AvgIpc) is 3.06. The molecule has 0 N–H and O–H groups in total. The second kappa shape index (κ2) is 7.09. The van der Waals surface area contributed by atoms with Crippen molar-refractivity contribution in [2.45, 2.75) is 48.7 Å². The molecule has 12 heteroatoms. The summed E-state index contributed by atoms with van der Waals surface area (Å²) in [5.41, 5.74) is -12.2. The van der Waals surface area contributed by atoms with E-state index in [0.29, 0.717) is 6.42 Å². The van der Waals surface area contributed by atoms with Gasteiger partial charge in [0.25, 0.3) is 19.7 Å². The van der Waals surface area contributed by atoms with Crippen LogP contribution in [0.2, 0.25) is 0 Å². The van der Waals surface area contributed by atoms with Crippen molar-refractivity contribution in [2.24, 2.45) is 17.8 Å². The van der Waals surface area contributed by atoms with Gasteiger partial charge in [-0.2, -0.15) is 26.3 Å². The maximum atomic E-state index is 12.6. The van der Waals surface area contributed by atoms with Crippen molar-refractivity contribution in [1.29, 1.82) is 0 Å². The molecule has 1 saturated carbocycles. The van der Waals surface area contributed by atoms with Gasteiger partial charge < -0.3 is 0 Å². The summed E-state index contributed by atoms with van der Waals surface area (Å²) < 4.78 is 118. The van der Waals surface area contributed by atoms with Crippen LogP contribution in [0.15, 0.2) is 12.2 Å². The van der Waals surface area contributed by atoms with Gasteiger partial charge in [0.05, 0.1) is 0 Å². The third-order valence-corrected chi connectivity index (χ3v) is 8.83. The van der Waals surface area contributed by atoms with Gasteiger partial charge in [-0.15, -0.1) is 0 Å². The predicted molar refractivity (Wildman–Crippen MR) is 78.5 cm³/mol. The maximum absolute atomic E-state index is 12.6. The summed E-state index contributed by atoms with van der Waals surface area (Å²) in [6.45, 7) is 4.00. The van der Waals surface area contributed by atoms with E-state index in [9.17, 15) is 43.2 Å². The van der Waals surface area contributed by atoms with E-state index in [1.807, 2.05) is 13.8 Å². The van der Waals surface area contributed by atoms with Crippen LogP contribution >= 0.6 is 0 Å². The van der Waals surface area contributed by atoms with Crippen molar-refractivity contribution in [3.05, 3.63) is 12.2 Å². The van der Waals surface area contributed by atoms with Gasteiger partial charge in [-0.05, 0) is 37.0 Å². The molecular weight excluding hydrogens is 398 g/mol. The fraction of sp³-hybridized carbons (Fsp3) is 0.846. The van der Waals surface area contributed by atoms with E-state index in [4.69, 9.17) is 0 Å². The number of rotatable bonds is 4. The molecule has 2 aliphatic carbocycles. The molecule has 3 atom stereocenters. The predicted octanol–water partition coefficient (Wildman–Crippen LogP) is 3.81. The summed E-state index contributed by atoms with van der Waals surface area (Å²) in [5.74, 6) is -1.30. The Bertz CT molecular complexity index is 662. The zero-order valence-electron chi connectivity index (χ0n) is 13.3. The van der Waals surface area contributed by atoms with E-state index in [0.717, 1.165) is 0 Å². The normalized spacial score (nSPS) is 26.7. The second-order valence-electron chi connectivity index (χ2n) is 5.69. The minimum Gasteiger partial charge on any atom is -0.218 e. The van der Waals surface area contributed by atoms with Gasteiger partial charge in [0.15, 0.2) is 4.58 Å². The van der Waals surface area contributed by atoms with Gasteiger partial charge in [-0.1, -0.05) is 26.0 Å². The lowest BCUT2D eigenvalue weighted by Gasteiger charge is -2.26. The SMILES string of the molecule is CC.O=S(=O)(C(CC1CC2C=CC1C2)S(=O)(=O)C(F)(F)F)C(F)(F)F. The fourth-order valence-corrected chi connectivity index (χ4v) is 6.72. The fourth-order valence-electron chi connectivity index (χ4n) is 3.13. The highest BCUT2D eigenvalue weighted by Gasteiger charge is 2.63. The van der Waals surface area contributed by atoms with Gasteiger partial charge >= 0.3 is 11.0 Å². The second-order valence-corrected chi connectivity index (χ2v) is 10.2. The molecule has 2 rings (SSSR count). The summed E-state index contributed by atoms with van der Waals surface area (Å²) in [7, 11) is -13.0. The summed E-state index contributed by atoms with van der Waals surface area (Å²) in [6, 6.07) is 0. The molecular formula is C13H18F6O4S2. The highest BCUT2D eigenvalue weighted by molar-refractivity contribution is 8.09. The number of hydrogen-bond acceptors (Lipinski definition) is 4. The van der Waals surface area contributed by atoms with Crippen molar-refractivity contribution in [3.8, 4) is 0 Å². The molecule has 2 bridgehead atoms. The van der Waals surface area contributed by atoms with Gasteiger partial charge in [0.1, 0.15) is 0 Å². The Morgan fingerprint density at radius 2 is 1.32 bits per heavy atom.